The molecular weight excluding hydrogens is 624 g/mol. The van der Waals surface area contributed by atoms with Crippen LogP contribution in [-0.4, -0.2) is 103 Å². The number of amides is 2. The number of carbonyl (C=O) groups is 2. The van der Waals surface area contributed by atoms with Gasteiger partial charge in [-0.2, -0.15) is 0 Å². The van der Waals surface area contributed by atoms with E-state index < -0.39 is 35.9 Å². The van der Waals surface area contributed by atoms with Crippen LogP contribution in [0.3, 0.4) is 0 Å². The number of hydrogen-bond donors (Lipinski definition) is 5. The standard InChI is InChI=1S/C36H46N8O5/c1-3-37-35(48)36(2)29(46)28(45)34(49-36)44-23-39-27-30(40-26(21-24-13-7-4-8-14-24)22-25-15-9-5-10-16-25)41-31(42-32(27)44)33(47)38-17-20-43-18-11-6-12-19-43/h4-5,7-10,13-16,23,26,28-29,34,45-46H,3,6,11-12,17-22H2,1-2H3,(H,37,48)(H,38,47)(H,40,41,42)/t28-,29+,34-,36+/m1/s1. The highest BCUT2D eigenvalue weighted by molar-refractivity contribution is 5.94. The fourth-order valence-electron chi connectivity index (χ4n) is 6.68. The second-order valence-corrected chi connectivity index (χ2v) is 13.0. The van der Waals surface area contributed by atoms with Crippen LogP contribution in [0.1, 0.15) is 61.1 Å². The Kier molecular flexibility index (Phi) is 10.8. The average Bonchev–Trinajstić information content (AvgIpc) is 3.64. The molecule has 2 saturated heterocycles. The molecule has 2 aliphatic rings. The summed E-state index contributed by atoms with van der Waals surface area (Å²) in [4.78, 5) is 42.8. The minimum absolute atomic E-state index is 0.0758. The minimum atomic E-state index is -1.73. The Hall–Kier alpha value is -4.43. The zero-order valence-electron chi connectivity index (χ0n) is 28.1. The van der Waals surface area contributed by atoms with Crippen molar-refractivity contribution in [2.24, 2.45) is 0 Å². The maximum Gasteiger partial charge on any atom is 0.289 e. The third-order valence-corrected chi connectivity index (χ3v) is 9.39. The predicted octanol–water partition coefficient (Wildman–Crippen LogP) is 2.45. The number of fused-ring (bicyclic) bond motifs is 1. The molecule has 2 aliphatic heterocycles. The molecule has 2 aromatic carbocycles. The van der Waals surface area contributed by atoms with Gasteiger partial charge in [0, 0.05) is 25.7 Å². The first kappa shape index (κ1) is 34.4. The molecule has 0 bridgehead atoms. The van der Waals surface area contributed by atoms with E-state index in [9.17, 15) is 19.8 Å². The van der Waals surface area contributed by atoms with E-state index in [4.69, 9.17) is 9.72 Å². The van der Waals surface area contributed by atoms with E-state index in [2.05, 4.69) is 55.1 Å². The largest absolute Gasteiger partial charge is 0.387 e. The lowest BCUT2D eigenvalue weighted by Crippen LogP contribution is -2.52. The average molecular weight is 671 g/mol. The molecule has 4 atom stereocenters. The molecule has 0 spiro atoms. The number of aliphatic hydroxyl groups excluding tert-OH is 2. The molecule has 6 rings (SSSR count). The topological polar surface area (TPSA) is 167 Å². The first-order valence-corrected chi connectivity index (χ1v) is 17.2. The molecule has 4 heterocycles. The van der Waals surface area contributed by atoms with Crippen molar-refractivity contribution in [3.8, 4) is 0 Å². The molecule has 0 unspecified atom stereocenters. The van der Waals surface area contributed by atoms with E-state index >= 15 is 0 Å². The van der Waals surface area contributed by atoms with E-state index in [-0.39, 0.29) is 17.5 Å². The minimum Gasteiger partial charge on any atom is -0.387 e. The number of rotatable bonds is 13. The van der Waals surface area contributed by atoms with Gasteiger partial charge in [0.2, 0.25) is 5.82 Å². The first-order valence-electron chi connectivity index (χ1n) is 17.2. The Morgan fingerprint density at radius 1 is 0.959 bits per heavy atom. The molecule has 13 heteroatoms. The third kappa shape index (κ3) is 7.75. The third-order valence-electron chi connectivity index (χ3n) is 9.39. The van der Waals surface area contributed by atoms with Crippen LogP contribution in [0.5, 0.6) is 0 Å². The van der Waals surface area contributed by atoms with Gasteiger partial charge in [-0.15, -0.1) is 0 Å². The van der Waals surface area contributed by atoms with Crippen molar-refractivity contribution in [2.45, 2.75) is 76.0 Å². The number of nitrogens with zero attached hydrogens (tertiary/aromatic N) is 5. The Morgan fingerprint density at radius 2 is 1.61 bits per heavy atom. The lowest BCUT2D eigenvalue weighted by molar-refractivity contribution is -0.154. The molecule has 4 aromatic rings. The molecule has 260 valence electrons. The number of piperidine rings is 1. The summed E-state index contributed by atoms with van der Waals surface area (Å²) >= 11 is 0. The Morgan fingerprint density at radius 3 is 2.24 bits per heavy atom. The van der Waals surface area contributed by atoms with Gasteiger partial charge in [0.05, 0.1) is 6.33 Å². The highest BCUT2D eigenvalue weighted by Crippen LogP contribution is 2.39. The van der Waals surface area contributed by atoms with Crippen LogP contribution in [0.4, 0.5) is 5.82 Å². The van der Waals surface area contributed by atoms with Gasteiger partial charge in [-0.1, -0.05) is 67.1 Å². The number of aliphatic hydroxyl groups is 2. The lowest BCUT2D eigenvalue weighted by atomic mass is 9.96. The molecule has 2 fully saturated rings. The van der Waals surface area contributed by atoms with Crippen LogP contribution in [0.2, 0.25) is 0 Å². The highest BCUT2D eigenvalue weighted by atomic mass is 16.6. The number of aromatic nitrogens is 4. The summed E-state index contributed by atoms with van der Waals surface area (Å²) in [6.45, 7) is 6.71. The van der Waals surface area contributed by atoms with Crippen LogP contribution in [0, 0.1) is 0 Å². The Bertz CT molecular complexity index is 1670. The summed E-state index contributed by atoms with van der Waals surface area (Å²) in [6.07, 6.45) is 2.08. The molecule has 0 radical (unpaired) electrons. The number of anilines is 1. The lowest BCUT2D eigenvalue weighted by Gasteiger charge is -2.26. The second kappa shape index (κ2) is 15.4. The van der Waals surface area contributed by atoms with Crippen LogP contribution in [-0.2, 0) is 22.4 Å². The van der Waals surface area contributed by atoms with Gasteiger partial charge in [-0.25, -0.2) is 15.0 Å². The van der Waals surface area contributed by atoms with Gasteiger partial charge in [0.25, 0.3) is 11.8 Å². The monoisotopic (exact) mass is 670 g/mol. The quantitative estimate of drug-likeness (QED) is 0.143. The molecule has 0 saturated carbocycles. The van der Waals surface area contributed by atoms with E-state index in [1.54, 1.807) is 6.92 Å². The van der Waals surface area contributed by atoms with Gasteiger partial charge < -0.3 is 35.8 Å². The Labute approximate surface area is 286 Å². The van der Waals surface area contributed by atoms with E-state index in [0.717, 1.165) is 43.6 Å². The fraction of sp³-hybridized carbons (Fsp3) is 0.472. The fourth-order valence-corrected chi connectivity index (χ4v) is 6.68. The maximum absolute atomic E-state index is 13.6. The number of nitrogens with one attached hydrogen (secondary N) is 3. The summed E-state index contributed by atoms with van der Waals surface area (Å²) < 4.78 is 7.53. The van der Waals surface area contributed by atoms with Crippen LogP contribution in [0.15, 0.2) is 67.0 Å². The number of benzene rings is 2. The van der Waals surface area contributed by atoms with Gasteiger partial charge in [-0.3, -0.25) is 14.2 Å². The van der Waals surface area contributed by atoms with Crippen molar-refractivity contribution in [1.29, 1.82) is 0 Å². The van der Waals surface area contributed by atoms with Gasteiger partial charge in [0.15, 0.2) is 28.8 Å². The number of imidazole rings is 1. The van der Waals surface area contributed by atoms with Crippen LogP contribution in [0.25, 0.3) is 11.2 Å². The van der Waals surface area contributed by atoms with E-state index in [0.29, 0.717) is 37.3 Å². The number of carbonyl (C=O) groups excluding carboxylic acids is 2. The maximum atomic E-state index is 13.6. The zero-order valence-corrected chi connectivity index (χ0v) is 28.1. The van der Waals surface area contributed by atoms with Crippen molar-refractivity contribution in [1.82, 2.24) is 35.1 Å². The molecule has 49 heavy (non-hydrogen) atoms. The van der Waals surface area contributed by atoms with Crippen molar-refractivity contribution in [2.75, 3.05) is 38.0 Å². The van der Waals surface area contributed by atoms with E-state index in [1.165, 1.54) is 24.2 Å². The van der Waals surface area contributed by atoms with Crippen molar-refractivity contribution < 1.29 is 24.5 Å². The summed E-state index contributed by atoms with van der Waals surface area (Å²) in [7, 11) is 0. The van der Waals surface area contributed by atoms with Gasteiger partial charge in [-0.05, 0) is 63.7 Å². The predicted molar refractivity (Wildman–Crippen MR) is 185 cm³/mol. The molecule has 2 amide bonds. The first-order chi connectivity index (χ1) is 23.8. The summed E-state index contributed by atoms with van der Waals surface area (Å²) in [6, 6.07) is 20.1. The van der Waals surface area contributed by atoms with Gasteiger partial charge >= 0.3 is 0 Å². The molecule has 5 N–H and O–H groups in total. The highest BCUT2D eigenvalue weighted by Gasteiger charge is 2.56. The van der Waals surface area contributed by atoms with Crippen molar-refractivity contribution in [3.63, 3.8) is 0 Å². The molecule has 2 aromatic heterocycles. The van der Waals surface area contributed by atoms with Crippen LogP contribution < -0.4 is 16.0 Å². The normalized spacial score (nSPS) is 22.8. The molecule has 13 nitrogen and oxygen atoms in total. The summed E-state index contributed by atoms with van der Waals surface area (Å²) in [5, 5.41) is 31.3. The number of ether oxygens (including phenoxy) is 1. The number of likely N-dealkylation sites (N-methyl/N-ethyl adjacent to an activating group) is 1. The molecular formula is C36H46N8O5. The zero-order chi connectivity index (χ0) is 34.4. The van der Waals surface area contributed by atoms with Gasteiger partial charge in [0.1, 0.15) is 12.2 Å². The summed E-state index contributed by atoms with van der Waals surface area (Å²) in [5.74, 6) is -0.726. The number of likely N-dealkylation sites (tertiary alicyclic amines) is 1. The van der Waals surface area contributed by atoms with E-state index in [1.807, 2.05) is 36.4 Å². The SMILES string of the molecule is CCNC(=O)[C@@]1(C)O[C@@H](n2cnc3c(NC(Cc4ccccc4)Cc4ccccc4)nc(C(=O)NCCN4CCCCC4)nc32)[C@H](O)[C@@H]1O. The van der Waals surface area contributed by atoms with Crippen LogP contribution >= 0.6 is 0 Å². The smallest absolute Gasteiger partial charge is 0.289 e. The number of hydrogen-bond acceptors (Lipinski definition) is 10. The summed E-state index contributed by atoms with van der Waals surface area (Å²) in [5.41, 5.74) is 1.10. The van der Waals surface area contributed by atoms with Crippen molar-refractivity contribution in [3.05, 3.63) is 83.9 Å². The Balaban J connectivity index is 1.35. The second-order valence-electron chi connectivity index (χ2n) is 13.0. The van der Waals surface area contributed by atoms with Crippen molar-refractivity contribution >= 4 is 28.8 Å². The molecule has 0 aliphatic carbocycles.